The molecule has 156 valence electrons. The van der Waals surface area contributed by atoms with Gasteiger partial charge in [-0.25, -0.2) is 0 Å². The first-order valence-electron chi connectivity index (χ1n) is 11.9. The molecule has 0 aliphatic heterocycles. The molecular formula is C26H40O2. The van der Waals surface area contributed by atoms with Gasteiger partial charge >= 0.3 is 0 Å². The van der Waals surface area contributed by atoms with E-state index in [-0.39, 0.29) is 6.10 Å². The molecule has 4 saturated carbocycles. The molecule has 1 aromatic rings. The standard InChI is InChI=1S/C26H40O2/c1-4-22(26-14-19-11-20(15-26)13-21(12-19)16-26)9-10-23(27)17-28-25-8-6-5-7-24(25)18(2)3/h5-8,18-23,27H,4,9-17H2,1-3H3. The van der Waals surface area contributed by atoms with Gasteiger partial charge in [0.15, 0.2) is 0 Å². The maximum atomic E-state index is 10.6. The lowest BCUT2D eigenvalue weighted by atomic mass is 9.46. The first-order valence-corrected chi connectivity index (χ1v) is 11.9. The Kier molecular flexibility index (Phi) is 6.06. The van der Waals surface area contributed by atoms with Crippen molar-refractivity contribution in [3.05, 3.63) is 29.8 Å². The lowest BCUT2D eigenvalue weighted by Crippen LogP contribution is -2.49. The van der Waals surface area contributed by atoms with E-state index >= 15 is 0 Å². The van der Waals surface area contributed by atoms with E-state index in [0.717, 1.165) is 35.8 Å². The van der Waals surface area contributed by atoms with Crippen LogP contribution in [0.2, 0.25) is 0 Å². The van der Waals surface area contributed by atoms with Gasteiger partial charge in [-0.15, -0.1) is 0 Å². The molecule has 4 bridgehead atoms. The van der Waals surface area contributed by atoms with Gasteiger partial charge in [-0.1, -0.05) is 45.4 Å². The molecule has 1 N–H and O–H groups in total. The fourth-order valence-electron chi connectivity index (χ4n) is 7.37. The Hall–Kier alpha value is -1.02. The van der Waals surface area contributed by atoms with Crippen molar-refractivity contribution < 1.29 is 9.84 Å². The van der Waals surface area contributed by atoms with Crippen molar-refractivity contribution in [2.75, 3.05) is 6.61 Å². The summed E-state index contributed by atoms with van der Waals surface area (Å²) >= 11 is 0. The van der Waals surface area contributed by atoms with Crippen molar-refractivity contribution in [1.82, 2.24) is 0 Å². The van der Waals surface area contributed by atoms with Crippen molar-refractivity contribution in [2.24, 2.45) is 29.1 Å². The van der Waals surface area contributed by atoms with Crippen LogP contribution in [-0.2, 0) is 0 Å². The first kappa shape index (κ1) is 20.3. The highest BCUT2D eigenvalue weighted by molar-refractivity contribution is 5.35. The van der Waals surface area contributed by atoms with E-state index in [9.17, 15) is 5.11 Å². The number of benzene rings is 1. The molecule has 4 fully saturated rings. The predicted molar refractivity (Wildman–Crippen MR) is 116 cm³/mol. The number of para-hydroxylation sites is 1. The minimum atomic E-state index is -0.358. The Balaban J connectivity index is 1.31. The van der Waals surface area contributed by atoms with Gasteiger partial charge in [0.05, 0.1) is 6.10 Å². The molecule has 2 nitrogen and oxygen atoms in total. The van der Waals surface area contributed by atoms with E-state index in [1.807, 2.05) is 12.1 Å². The van der Waals surface area contributed by atoms with Crippen LogP contribution in [-0.4, -0.2) is 17.8 Å². The molecule has 4 aliphatic rings. The summed E-state index contributed by atoms with van der Waals surface area (Å²) in [5, 5.41) is 10.6. The number of aliphatic hydroxyl groups excluding tert-OH is 1. The Morgan fingerprint density at radius 1 is 1.00 bits per heavy atom. The van der Waals surface area contributed by atoms with Crippen LogP contribution in [0.4, 0.5) is 0 Å². The summed E-state index contributed by atoms with van der Waals surface area (Å²) in [7, 11) is 0. The molecule has 0 heterocycles. The molecular weight excluding hydrogens is 344 g/mol. The molecule has 1 aromatic carbocycles. The second-order valence-electron chi connectivity index (χ2n) is 10.6. The van der Waals surface area contributed by atoms with Gasteiger partial charge in [0, 0.05) is 0 Å². The number of ether oxygens (including phenoxy) is 1. The van der Waals surface area contributed by atoms with E-state index < -0.39 is 0 Å². The van der Waals surface area contributed by atoms with Crippen LogP contribution in [0.15, 0.2) is 24.3 Å². The van der Waals surface area contributed by atoms with Crippen LogP contribution in [0.25, 0.3) is 0 Å². The zero-order valence-corrected chi connectivity index (χ0v) is 18.2. The third-order valence-electron chi connectivity index (χ3n) is 8.27. The van der Waals surface area contributed by atoms with E-state index in [1.165, 1.54) is 56.9 Å². The lowest BCUT2D eigenvalue weighted by molar-refractivity contribution is -0.0922. The lowest BCUT2D eigenvalue weighted by Gasteiger charge is -2.60. The molecule has 0 amide bonds. The third kappa shape index (κ3) is 4.13. The van der Waals surface area contributed by atoms with E-state index in [4.69, 9.17) is 4.74 Å². The van der Waals surface area contributed by atoms with Crippen molar-refractivity contribution in [3.8, 4) is 5.75 Å². The maximum absolute atomic E-state index is 10.6. The summed E-state index contributed by atoms with van der Waals surface area (Å²) in [6, 6.07) is 8.25. The highest BCUT2D eigenvalue weighted by atomic mass is 16.5. The molecule has 0 radical (unpaired) electrons. The van der Waals surface area contributed by atoms with Gasteiger partial charge in [0.1, 0.15) is 12.4 Å². The minimum Gasteiger partial charge on any atom is -0.491 e. The van der Waals surface area contributed by atoms with E-state index in [1.54, 1.807) is 0 Å². The average Bonchev–Trinajstić information content (AvgIpc) is 2.65. The summed E-state index contributed by atoms with van der Waals surface area (Å²) in [6.07, 6.45) is 11.9. The highest BCUT2D eigenvalue weighted by Gasteiger charge is 2.53. The van der Waals surface area contributed by atoms with Crippen molar-refractivity contribution >= 4 is 0 Å². The number of hydrogen-bond donors (Lipinski definition) is 1. The summed E-state index contributed by atoms with van der Waals surface area (Å²) in [5.41, 5.74) is 1.84. The largest absolute Gasteiger partial charge is 0.491 e. The molecule has 2 heteroatoms. The highest BCUT2D eigenvalue weighted by Crippen LogP contribution is 2.63. The molecule has 5 rings (SSSR count). The molecule has 2 unspecified atom stereocenters. The van der Waals surface area contributed by atoms with Crippen LogP contribution in [0.1, 0.15) is 90.0 Å². The SMILES string of the molecule is CCC(CCC(O)COc1ccccc1C(C)C)C12CC3CC(CC(C3)C1)C2. The Labute approximate surface area is 172 Å². The number of aliphatic hydroxyl groups is 1. The van der Waals surface area contributed by atoms with Crippen LogP contribution >= 0.6 is 0 Å². The average molecular weight is 385 g/mol. The van der Waals surface area contributed by atoms with Gasteiger partial charge in [0.25, 0.3) is 0 Å². The predicted octanol–water partition coefficient (Wildman–Crippen LogP) is 6.57. The summed E-state index contributed by atoms with van der Waals surface area (Å²) in [4.78, 5) is 0. The van der Waals surface area contributed by atoms with Crippen LogP contribution in [0.5, 0.6) is 5.75 Å². The van der Waals surface area contributed by atoms with Crippen LogP contribution < -0.4 is 4.74 Å². The molecule has 4 aliphatic carbocycles. The summed E-state index contributed by atoms with van der Waals surface area (Å²) < 4.78 is 6.03. The summed E-state index contributed by atoms with van der Waals surface area (Å²) in [5.74, 6) is 5.21. The third-order valence-corrected chi connectivity index (χ3v) is 8.27. The minimum absolute atomic E-state index is 0.358. The quantitative estimate of drug-likeness (QED) is 0.521. The Morgan fingerprint density at radius 3 is 2.18 bits per heavy atom. The Bertz CT molecular complexity index is 614. The second kappa shape index (κ2) is 8.38. The molecule has 28 heavy (non-hydrogen) atoms. The zero-order chi connectivity index (χ0) is 19.7. The summed E-state index contributed by atoms with van der Waals surface area (Å²) in [6.45, 7) is 7.18. The fraction of sp³-hybridized carbons (Fsp3) is 0.769. The maximum Gasteiger partial charge on any atom is 0.122 e. The van der Waals surface area contributed by atoms with Gasteiger partial charge in [-0.2, -0.15) is 0 Å². The van der Waals surface area contributed by atoms with Gasteiger partial charge in [-0.3, -0.25) is 0 Å². The van der Waals surface area contributed by atoms with Crippen molar-refractivity contribution in [3.63, 3.8) is 0 Å². The Morgan fingerprint density at radius 2 is 1.61 bits per heavy atom. The van der Waals surface area contributed by atoms with Gasteiger partial charge in [-0.05, 0) is 98.0 Å². The second-order valence-corrected chi connectivity index (χ2v) is 10.6. The molecule has 0 aromatic heterocycles. The van der Waals surface area contributed by atoms with Gasteiger partial charge in [0.2, 0.25) is 0 Å². The van der Waals surface area contributed by atoms with Crippen molar-refractivity contribution in [1.29, 1.82) is 0 Å². The van der Waals surface area contributed by atoms with Crippen LogP contribution in [0.3, 0.4) is 0 Å². The zero-order valence-electron chi connectivity index (χ0n) is 18.2. The van der Waals surface area contributed by atoms with E-state index in [2.05, 4.69) is 32.9 Å². The van der Waals surface area contributed by atoms with Gasteiger partial charge < -0.3 is 9.84 Å². The smallest absolute Gasteiger partial charge is 0.122 e. The monoisotopic (exact) mass is 384 g/mol. The van der Waals surface area contributed by atoms with E-state index in [0.29, 0.717) is 17.9 Å². The first-order chi connectivity index (χ1) is 13.5. The molecule has 0 spiro atoms. The molecule has 2 atom stereocenters. The normalized spacial score (nSPS) is 33.2. The number of rotatable bonds is 9. The van der Waals surface area contributed by atoms with Crippen LogP contribution in [0, 0.1) is 29.1 Å². The molecule has 0 saturated heterocycles. The topological polar surface area (TPSA) is 29.5 Å². The van der Waals surface area contributed by atoms with Crippen molar-refractivity contribution in [2.45, 2.75) is 90.6 Å². The fourth-order valence-corrected chi connectivity index (χ4v) is 7.37. The number of hydrogen-bond acceptors (Lipinski definition) is 2.